The highest BCUT2D eigenvalue weighted by Gasteiger charge is 2.04. The van der Waals surface area contributed by atoms with Crippen LogP contribution in [0, 0.1) is 6.92 Å². The second-order valence-corrected chi connectivity index (χ2v) is 4.82. The van der Waals surface area contributed by atoms with E-state index < -0.39 is 0 Å². The number of carbonyl (C=O) groups excluding carboxylic acids is 1. The number of ether oxygens (including phenoxy) is 1. The van der Waals surface area contributed by atoms with E-state index in [1.165, 1.54) is 0 Å². The number of hydrogen-bond donors (Lipinski definition) is 2. The van der Waals surface area contributed by atoms with Crippen LogP contribution in [0.3, 0.4) is 0 Å². The van der Waals surface area contributed by atoms with E-state index in [1.54, 1.807) is 12.1 Å². The fraction of sp³-hybridized carbons (Fsp3) is 0.235. The molecular formula is C17H20N2O2. The minimum Gasteiger partial charge on any atom is -0.492 e. The van der Waals surface area contributed by atoms with Gasteiger partial charge in [-0.2, -0.15) is 0 Å². The Kier molecular flexibility index (Phi) is 5.35. The summed E-state index contributed by atoms with van der Waals surface area (Å²) in [6.07, 6.45) is 0. The molecule has 0 unspecified atom stereocenters. The van der Waals surface area contributed by atoms with Crippen molar-refractivity contribution in [2.45, 2.75) is 13.5 Å². The Morgan fingerprint density at radius 3 is 2.62 bits per heavy atom. The van der Waals surface area contributed by atoms with Crippen molar-refractivity contribution in [3.8, 4) is 5.75 Å². The average molecular weight is 284 g/mol. The largest absolute Gasteiger partial charge is 0.492 e. The van der Waals surface area contributed by atoms with Crippen LogP contribution in [0.1, 0.15) is 21.5 Å². The predicted octanol–water partition coefficient (Wildman–Crippen LogP) is 2.26. The van der Waals surface area contributed by atoms with E-state index in [0.29, 0.717) is 25.3 Å². The van der Waals surface area contributed by atoms with Crippen molar-refractivity contribution in [2.75, 3.05) is 13.2 Å². The summed E-state index contributed by atoms with van der Waals surface area (Å²) in [6.45, 7) is 3.40. The maximum absolute atomic E-state index is 11.9. The van der Waals surface area contributed by atoms with Crippen molar-refractivity contribution in [3.05, 3.63) is 65.2 Å². The second kappa shape index (κ2) is 7.45. The summed E-state index contributed by atoms with van der Waals surface area (Å²) in [6, 6.07) is 15.1. The van der Waals surface area contributed by atoms with E-state index >= 15 is 0 Å². The molecule has 0 aliphatic rings. The summed E-state index contributed by atoms with van der Waals surface area (Å²) in [4.78, 5) is 11.9. The first kappa shape index (κ1) is 15.1. The number of nitrogens with two attached hydrogens (primary N) is 1. The quantitative estimate of drug-likeness (QED) is 0.800. The van der Waals surface area contributed by atoms with Gasteiger partial charge >= 0.3 is 0 Å². The first-order chi connectivity index (χ1) is 10.2. The molecule has 0 fully saturated rings. The van der Waals surface area contributed by atoms with Gasteiger partial charge in [-0.25, -0.2) is 0 Å². The summed E-state index contributed by atoms with van der Waals surface area (Å²) < 4.78 is 5.58. The van der Waals surface area contributed by atoms with E-state index in [2.05, 4.69) is 5.32 Å². The maximum Gasteiger partial charge on any atom is 0.251 e. The summed E-state index contributed by atoms with van der Waals surface area (Å²) in [5, 5.41) is 2.83. The van der Waals surface area contributed by atoms with E-state index in [4.69, 9.17) is 10.5 Å². The minimum absolute atomic E-state index is 0.105. The molecule has 0 aromatic heterocycles. The highest BCUT2D eigenvalue weighted by atomic mass is 16.5. The number of benzene rings is 2. The monoisotopic (exact) mass is 284 g/mol. The normalized spacial score (nSPS) is 10.2. The number of nitrogens with one attached hydrogen (secondary N) is 1. The highest BCUT2D eigenvalue weighted by molar-refractivity contribution is 5.94. The molecule has 0 radical (unpaired) electrons. The first-order valence-corrected chi connectivity index (χ1v) is 6.96. The van der Waals surface area contributed by atoms with Gasteiger partial charge in [-0.05, 0) is 42.3 Å². The first-order valence-electron chi connectivity index (χ1n) is 6.96. The molecule has 2 aromatic rings. The summed E-state index contributed by atoms with van der Waals surface area (Å²) in [7, 11) is 0. The summed E-state index contributed by atoms with van der Waals surface area (Å²) in [5.74, 6) is 0.711. The number of amides is 1. The highest BCUT2D eigenvalue weighted by Crippen LogP contribution is 2.11. The van der Waals surface area contributed by atoms with Gasteiger partial charge in [0.25, 0.3) is 5.91 Å². The van der Waals surface area contributed by atoms with Crippen LogP contribution >= 0.6 is 0 Å². The number of aryl methyl sites for hydroxylation is 1. The summed E-state index contributed by atoms with van der Waals surface area (Å²) >= 11 is 0. The molecule has 1 amide bonds. The lowest BCUT2D eigenvalue weighted by atomic mass is 10.1. The third kappa shape index (κ3) is 4.61. The standard InChI is InChI=1S/C17H20N2O2/c1-13-3-2-4-16(11-13)21-10-9-19-17(20)15-7-5-14(12-18)6-8-15/h2-8,11H,9-10,12,18H2,1H3,(H,19,20). The van der Waals surface area contributed by atoms with Gasteiger partial charge in [0.05, 0.1) is 6.54 Å². The SMILES string of the molecule is Cc1cccc(OCCNC(=O)c2ccc(CN)cc2)c1. The molecule has 0 bridgehead atoms. The molecule has 2 rings (SSSR count). The van der Waals surface area contributed by atoms with Crippen LogP contribution in [0.2, 0.25) is 0 Å². The predicted molar refractivity (Wildman–Crippen MR) is 83.3 cm³/mol. The Labute approximate surface area is 124 Å². The van der Waals surface area contributed by atoms with Gasteiger partial charge < -0.3 is 15.8 Å². The lowest BCUT2D eigenvalue weighted by Gasteiger charge is -2.08. The lowest BCUT2D eigenvalue weighted by molar-refractivity contribution is 0.0947. The number of carbonyl (C=O) groups is 1. The van der Waals surface area contributed by atoms with Crippen LogP contribution in [0.4, 0.5) is 0 Å². The molecule has 0 atom stereocenters. The Hall–Kier alpha value is -2.33. The van der Waals surface area contributed by atoms with Crippen LogP contribution in [-0.2, 0) is 6.54 Å². The van der Waals surface area contributed by atoms with Crippen molar-refractivity contribution < 1.29 is 9.53 Å². The van der Waals surface area contributed by atoms with Crippen molar-refractivity contribution in [1.82, 2.24) is 5.32 Å². The van der Waals surface area contributed by atoms with E-state index in [-0.39, 0.29) is 5.91 Å². The molecule has 0 aliphatic carbocycles. The van der Waals surface area contributed by atoms with Crippen molar-refractivity contribution in [2.24, 2.45) is 5.73 Å². The molecule has 0 heterocycles. The zero-order valence-corrected chi connectivity index (χ0v) is 12.1. The third-order valence-electron chi connectivity index (χ3n) is 3.10. The van der Waals surface area contributed by atoms with Gasteiger partial charge in [-0.15, -0.1) is 0 Å². The molecule has 3 N–H and O–H groups in total. The molecule has 0 spiro atoms. The molecule has 0 aliphatic heterocycles. The average Bonchev–Trinajstić information content (AvgIpc) is 2.51. The summed E-state index contributed by atoms with van der Waals surface area (Å²) in [5.41, 5.74) is 8.31. The maximum atomic E-state index is 11.9. The van der Waals surface area contributed by atoms with Gasteiger partial charge in [0.2, 0.25) is 0 Å². The van der Waals surface area contributed by atoms with Gasteiger partial charge in [-0.3, -0.25) is 4.79 Å². The van der Waals surface area contributed by atoms with Gasteiger partial charge in [0.1, 0.15) is 12.4 Å². The lowest BCUT2D eigenvalue weighted by Crippen LogP contribution is -2.28. The zero-order chi connectivity index (χ0) is 15.1. The van der Waals surface area contributed by atoms with E-state index in [0.717, 1.165) is 16.9 Å². The molecule has 0 saturated heterocycles. The van der Waals surface area contributed by atoms with Crippen molar-refractivity contribution in [3.63, 3.8) is 0 Å². The molecule has 0 saturated carbocycles. The van der Waals surface area contributed by atoms with Crippen molar-refractivity contribution >= 4 is 5.91 Å². The molecule has 2 aromatic carbocycles. The fourth-order valence-electron chi connectivity index (χ4n) is 1.93. The van der Waals surface area contributed by atoms with E-state index in [9.17, 15) is 4.79 Å². The van der Waals surface area contributed by atoms with Crippen molar-refractivity contribution in [1.29, 1.82) is 0 Å². The smallest absolute Gasteiger partial charge is 0.251 e. The molecular weight excluding hydrogens is 264 g/mol. The Morgan fingerprint density at radius 1 is 1.19 bits per heavy atom. The molecule has 21 heavy (non-hydrogen) atoms. The Bertz CT molecular complexity index is 594. The Morgan fingerprint density at radius 2 is 1.95 bits per heavy atom. The van der Waals surface area contributed by atoms with Crippen LogP contribution in [0.25, 0.3) is 0 Å². The van der Waals surface area contributed by atoms with Crippen LogP contribution in [0.15, 0.2) is 48.5 Å². The minimum atomic E-state index is -0.105. The number of hydrogen-bond acceptors (Lipinski definition) is 3. The topological polar surface area (TPSA) is 64.3 Å². The zero-order valence-electron chi connectivity index (χ0n) is 12.1. The van der Waals surface area contributed by atoms with Gasteiger partial charge in [0, 0.05) is 12.1 Å². The number of rotatable bonds is 6. The van der Waals surface area contributed by atoms with Crippen LogP contribution in [-0.4, -0.2) is 19.1 Å². The molecule has 4 nitrogen and oxygen atoms in total. The van der Waals surface area contributed by atoms with E-state index in [1.807, 2.05) is 43.3 Å². The van der Waals surface area contributed by atoms with Crippen LogP contribution < -0.4 is 15.8 Å². The van der Waals surface area contributed by atoms with Gasteiger partial charge in [0.15, 0.2) is 0 Å². The molecule has 110 valence electrons. The Balaban J connectivity index is 1.76. The van der Waals surface area contributed by atoms with Gasteiger partial charge in [-0.1, -0.05) is 24.3 Å². The third-order valence-corrected chi connectivity index (χ3v) is 3.10. The van der Waals surface area contributed by atoms with Crippen LogP contribution in [0.5, 0.6) is 5.75 Å². The second-order valence-electron chi connectivity index (χ2n) is 4.82. The fourth-order valence-corrected chi connectivity index (χ4v) is 1.93. The molecule has 4 heteroatoms.